The highest BCUT2D eigenvalue weighted by atomic mass is 79.9. The van der Waals surface area contributed by atoms with Gasteiger partial charge in [0.15, 0.2) is 0 Å². The molecule has 1 amide bonds. The highest BCUT2D eigenvalue weighted by Gasteiger charge is 2.15. The molecule has 23 heavy (non-hydrogen) atoms. The van der Waals surface area contributed by atoms with Crippen molar-refractivity contribution in [1.29, 1.82) is 0 Å². The molecule has 0 saturated carbocycles. The number of nitro groups is 1. The second-order valence-electron chi connectivity index (χ2n) is 4.45. The van der Waals surface area contributed by atoms with Gasteiger partial charge < -0.3 is 14.8 Å². The van der Waals surface area contributed by atoms with Crippen LogP contribution in [0.2, 0.25) is 0 Å². The third-order valence-corrected chi connectivity index (χ3v) is 3.83. The van der Waals surface area contributed by atoms with Crippen LogP contribution in [0.4, 0.5) is 11.4 Å². The minimum atomic E-state index is -0.504. The molecule has 2 aromatic carbocycles. The van der Waals surface area contributed by atoms with Crippen molar-refractivity contribution >= 4 is 33.2 Å². The number of hydrogen-bond acceptors (Lipinski definition) is 5. The normalized spacial score (nSPS) is 10.0. The Morgan fingerprint density at radius 3 is 2.09 bits per heavy atom. The minimum absolute atomic E-state index is 0.0463. The summed E-state index contributed by atoms with van der Waals surface area (Å²) in [5.74, 6) is 0.527. The number of non-ortho nitro benzene ring substituents is 1. The quantitative estimate of drug-likeness (QED) is 0.631. The van der Waals surface area contributed by atoms with Crippen molar-refractivity contribution in [2.24, 2.45) is 0 Å². The van der Waals surface area contributed by atoms with Crippen LogP contribution in [0.3, 0.4) is 0 Å². The van der Waals surface area contributed by atoms with Gasteiger partial charge >= 0.3 is 0 Å². The molecule has 0 fully saturated rings. The number of amides is 1. The van der Waals surface area contributed by atoms with E-state index in [9.17, 15) is 14.9 Å². The lowest BCUT2D eigenvalue weighted by Gasteiger charge is -2.11. The molecule has 0 spiro atoms. The third-order valence-electron chi connectivity index (χ3n) is 3.04. The molecule has 0 aromatic heterocycles. The van der Waals surface area contributed by atoms with Gasteiger partial charge in [-0.1, -0.05) is 0 Å². The summed E-state index contributed by atoms with van der Waals surface area (Å²) in [5.41, 5.74) is 0.733. The van der Waals surface area contributed by atoms with E-state index >= 15 is 0 Å². The van der Waals surface area contributed by atoms with E-state index in [1.165, 1.54) is 38.5 Å². The molecular formula is C15H13BrN2O5. The van der Waals surface area contributed by atoms with E-state index in [0.717, 1.165) is 0 Å². The zero-order valence-electron chi connectivity index (χ0n) is 12.3. The molecule has 0 bridgehead atoms. The van der Waals surface area contributed by atoms with Crippen LogP contribution < -0.4 is 14.8 Å². The van der Waals surface area contributed by atoms with Gasteiger partial charge in [-0.05, 0) is 40.2 Å². The van der Waals surface area contributed by atoms with Crippen molar-refractivity contribution in [3.8, 4) is 11.5 Å². The maximum absolute atomic E-state index is 12.3. The molecule has 0 aliphatic carbocycles. The highest BCUT2D eigenvalue weighted by molar-refractivity contribution is 9.10. The number of rotatable bonds is 5. The van der Waals surface area contributed by atoms with Gasteiger partial charge in [0.2, 0.25) is 0 Å². The van der Waals surface area contributed by atoms with Crippen LogP contribution in [-0.4, -0.2) is 25.1 Å². The van der Waals surface area contributed by atoms with E-state index in [0.29, 0.717) is 27.2 Å². The Bertz CT molecular complexity index is 721. The Labute approximate surface area is 140 Å². The number of carbonyl (C=O) groups is 1. The standard InChI is InChI=1S/C15H13BrN2O5/c1-22-12-7-9(8-13(23-2)14(12)16)15(19)17-10-3-5-11(6-4-10)18(20)21/h3-8H,1-2H3,(H,17,19). The van der Waals surface area contributed by atoms with Gasteiger partial charge in [-0.3, -0.25) is 14.9 Å². The summed E-state index contributed by atoms with van der Waals surface area (Å²) in [6.07, 6.45) is 0. The molecule has 0 heterocycles. The highest BCUT2D eigenvalue weighted by Crippen LogP contribution is 2.35. The SMILES string of the molecule is COc1cc(C(=O)Nc2ccc([N+](=O)[O-])cc2)cc(OC)c1Br. The Morgan fingerprint density at radius 2 is 1.65 bits per heavy atom. The molecule has 0 radical (unpaired) electrons. The fraction of sp³-hybridized carbons (Fsp3) is 0.133. The molecular weight excluding hydrogens is 368 g/mol. The van der Waals surface area contributed by atoms with Crippen molar-refractivity contribution in [2.75, 3.05) is 19.5 Å². The van der Waals surface area contributed by atoms with E-state index in [4.69, 9.17) is 9.47 Å². The summed E-state index contributed by atoms with van der Waals surface area (Å²) >= 11 is 3.33. The number of ether oxygens (including phenoxy) is 2. The number of anilines is 1. The predicted molar refractivity (Wildman–Crippen MR) is 88.3 cm³/mol. The number of halogens is 1. The first-order valence-corrected chi connectivity index (χ1v) is 7.23. The topological polar surface area (TPSA) is 90.7 Å². The number of nitrogens with zero attached hydrogens (tertiary/aromatic N) is 1. The van der Waals surface area contributed by atoms with E-state index in [2.05, 4.69) is 21.2 Å². The van der Waals surface area contributed by atoms with Crippen molar-refractivity contribution in [2.45, 2.75) is 0 Å². The molecule has 0 saturated heterocycles. The van der Waals surface area contributed by atoms with Crippen molar-refractivity contribution in [3.63, 3.8) is 0 Å². The molecule has 0 unspecified atom stereocenters. The Hall–Kier alpha value is -2.61. The number of benzene rings is 2. The molecule has 8 heteroatoms. The summed E-state index contributed by atoms with van der Waals surface area (Å²) < 4.78 is 11.0. The predicted octanol–water partition coefficient (Wildman–Crippen LogP) is 3.63. The lowest BCUT2D eigenvalue weighted by molar-refractivity contribution is -0.384. The Morgan fingerprint density at radius 1 is 1.13 bits per heavy atom. The van der Waals surface area contributed by atoms with Gasteiger partial charge in [0.25, 0.3) is 11.6 Å². The average Bonchev–Trinajstić information content (AvgIpc) is 2.55. The fourth-order valence-electron chi connectivity index (χ4n) is 1.87. The first kappa shape index (κ1) is 16.8. The van der Waals surface area contributed by atoms with Crippen LogP contribution in [0.25, 0.3) is 0 Å². The van der Waals surface area contributed by atoms with Gasteiger partial charge in [-0.15, -0.1) is 0 Å². The Kier molecular flexibility index (Phi) is 5.17. The van der Waals surface area contributed by atoms with Gasteiger partial charge in [-0.2, -0.15) is 0 Å². The van der Waals surface area contributed by atoms with Crippen LogP contribution >= 0.6 is 15.9 Å². The van der Waals surface area contributed by atoms with Gasteiger partial charge in [0.1, 0.15) is 16.0 Å². The summed E-state index contributed by atoms with van der Waals surface area (Å²) in [6, 6.07) is 8.68. The smallest absolute Gasteiger partial charge is 0.269 e. The molecule has 120 valence electrons. The lowest BCUT2D eigenvalue weighted by Crippen LogP contribution is -2.12. The van der Waals surface area contributed by atoms with Crippen LogP contribution in [0, 0.1) is 10.1 Å². The van der Waals surface area contributed by atoms with Gasteiger partial charge in [0, 0.05) is 23.4 Å². The molecule has 0 aliphatic rings. The summed E-state index contributed by atoms with van der Waals surface area (Å²) in [7, 11) is 2.97. The first-order chi connectivity index (χ1) is 11.0. The zero-order chi connectivity index (χ0) is 17.0. The van der Waals surface area contributed by atoms with Gasteiger partial charge in [-0.25, -0.2) is 0 Å². The average molecular weight is 381 g/mol. The molecule has 1 N–H and O–H groups in total. The van der Waals surface area contributed by atoms with Crippen molar-refractivity contribution in [3.05, 3.63) is 56.5 Å². The monoisotopic (exact) mass is 380 g/mol. The lowest BCUT2D eigenvalue weighted by atomic mass is 10.1. The van der Waals surface area contributed by atoms with Crippen LogP contribution in [-0.2, 0) is 0 Å². The van der Waals surface area contributed by atoms with E-state index in [1.54, 1.807) is 12.1 Å². The number of nitrogens with one attached hydrogen (secondary N) is 1. The number of methoxy groups -OCH3 is 2. The van der Waals surface area contributed by atoms with Gasteiger partial charge in [0.05, 0.1) is 19.1 Å². The van der Waals surface area contributed by atoms with Crippen molar-refractivity contribution in [1.82, 2.24) is 0 Å². The Balaban J connectivity index is 2.25. The fourth-order valence-corrected chi connectivity index (χ4v) is 2.42. The maximum Gasteiger partial charge on any atom is 0.269 e. The number of carbonyl (C=O) groups excluding carboxylic acids is 1. The van der Waals surface area contributed by atoms with Crippen LogP contribution in [0.5, 0.6) is 11.5 Å². The summed E-state index contributed by atoms with van der Waals surface area (Å²) in [6.45, 7) is 0. The third kappa shape index (κ3) is 3.78. The van der Waals surface area contributed by atoms with Crippen LogP contribution in [0.15, 0.2) is 40.9 Å². The van der Waals surface area contributed by atoms with E-state index in [-0.39, 0.29) is 11.6 Å². The van der Waals surface area contributed by atoms with Crippen LogP contribution in [0.1, 0.15) is 10.4 Å². The first-order valence-electron chi connectivity index (χ1n) is 6.43. The largest absolute Gasteiger partial charge is 0.495 e. The molecule has 2 rings (SSSR count). The minimum Gasteiger partial charge on any atom is -0.495 e. The van der Waals surface area contributed by atoms with E-state index < -0.39 is 4.92 Å². The maximum atomic E-state index is 12.3. The number of hydrogen-bond donors (Lipinski definition) is 1. The van der Waals surface area contributed by atoms with E-state index in [1.807, 2.05) is 0 Å². The summed E-state index contributed by atoms with van der Waals surface area (Å²) in [4.78, 5) is 22.4. The molecule has 0 aliphatic heterocycles. The zero-order valence-corrected chi connectivity index (χ0v) is 13.9. The molecule has 7 nitrogen and oxygen atoms in total. The number of nitro benzene ring substituents is 1. The molecule has 0 atom stereocenters. The summed E-state index contributed by atoms with van der Waals surface area (Å²) in [5, 5.41) is 13.3. The second-order valence-corrected chi connectivity index (χ2v) is 5.25. The molecule has 2 aromatic rings. The second kappa shape index (κ2) is 7.10. The van der Waals surface area contributed by atoms with Crippen molar-refractivity contribution < 1.29 is 19.2 Å².